The summed E-state index contributed by atoms with van der Waals surface area (Å²) < 4.78 is 0. The van der Waals surface area contributed by atoms with Gasteiger partial charge in [-0.05, 0) is 45.4 Å². The lowest BCUT2D eigenvalue weighted by Gasteiger charge is -2.21. The minimum absolute atomic E-state index is 0.124. The fraction of sp³-hybridized carbons (Fsp3) is 0.286. The molecule has 3 aromatic rings. The Bertz CT molecular complexity index is 869. The number of pyridine rings is 1. The number of aromatic nitrogens is 3. The molecule has 0 amide bonds. The van der Waals surface area contributed by atoms with Crippen molar-refractivity contribution >= 4 is 11.8 Å². The Hall–Kier alpha value is -2.95. The molecule has 0 spiro atoms. The predicted molar refractivity (Wildman–Crippen MR) is 107 cm³/mol. The van der Waals surface area contributed by atoms with Gasteiger partial charge in [0, 0.05) is 36.1 Å². The van der Waals surface area contributed by atoms with E-state index in [4.69, 9.17) is 0 Å². The molecule has 0 unspecified atom stereocenters. The second-order valence-electron chi connectivity index (χ2n) is 7.42. The van der Waals surface area contributed by atoms with Crippen molar-refractivity contribution in [2.24, 2.45) is 0 Å². The van der Waals surface area contributed by atoms with Crippen LogP contribution in [0.15, 0.2) is 54.9 Å². The predicted octanol–water partition coefficient (Wildman–Crippen LogP) is 4.67. The van der Waals surface area contributed by atoms with Crippen molar-refractivity contribution in [2.45, 2.75) is 39.8 Å². The zero-order valence-corrected chi connectivity index (χ0v) is 15.7. The molecule has 134 valence electrons. The van der Waals surface area contributed by atoms with Gasteiger partial charge in [0.2, 0.25) is 5.95 Å². The first-order valence-electron chi connectivity index (χ1n) is 8.76. The average Bonchev–Trinajstić information content (AvgIpc) is 2.59. The molecule has 0 fully saturated rings. The van der Waals surface area contributed by atoms with Gasteiger partial charge in [-0.25, -0.2) is 4.98 Å². The van der Waals surface area contributed by atoms with Crippen LogP contribution in [-0.4, -0.2) is 20.5 Å². The number of anilines is 2. The summed E-state index contributed by atoms with van der Waals surface area (Å²) in [5.41, 5.74) is 4.15. The van der Waals surface area contributed by atoms with E-state index in [1.54, 1.807) is 6.20 Å². The molecule has 0 aliphatic rings. The van der Waals surface area contributed by atoms with E-state index in [1.807, 2.05) is 24.4 Å². The molecular formula is C21H25N5. The van der Waals surface area contributed by atoms with Crippen molar-refractivity contribution in [1.29, 1.82) is 0 Å². The molecule has 2 heterocycles. The normalized spacial score (nSPS) is 11.2. The maximum absolute atomic E-state index is 4.66. The van der Waals surface area contributed by atoms with Crippen LogP contribution >= 0.6 is 0 Å². The molecule has 5 heteroatoms. The van der Waals surface area contributed by atoms with Gasteiger partial charge in [0.05, 0.1) is 5.69 Å². The molecule has 5 nitrogen and oxygen atoms in total. The summed E-state index contributed by atoms with van der Waals surface area (Å²) >= 11 is 0. The molecule has 0 aliphatic carbocycles. The highest BCUT2D eigenvalue weighted by Gasteiger charge is 2.14. The molecule has 2 aromatic heterocycles. The number of aryl methyl sites for hydroxylation is 1. The molecule has 3 rings (SSSR count). The highest BCUT2D eigenvalue weighted by atomic mass is 15.2. The Morgan fingerprint density at radius 1 is 1.00 bits per heavy atom. The van der Waals surface area contributed by atoms with Gasteiger partial charge in [0.25, 0.3) is 0 Å². The van der Waals surface area contributed by atoms with Crippen LogP contribution in [0.3, 0.4) is 0 Å². The van der Waals surface area contributed by atoms with Crippen LogP contribution < -0.4 is 10.6 Å². The molecular weight excluding hydrogens is 322 g/mol. The van der Waals surface area contributed by atoms with Gasteiger partial charge in [0.15, 0.2) is 0 Å². The van der Waals surface area contributed by atoms with E-state index in [2.05, 4.69) is 77.5 Å². The summed E-state index contributed by atoms with van der Waals surface area (Å²) in [5, 5.41) is 6.77. The van der Waals surface area contributed by atoms with E-state index in [1.165, 1.54) is 11.1 Å². The van der Waals surface area contributed by atoms with Gasteiger partial charge in [-0.15, -0.1) is 0 Å². The van der Waals surface area contributed by atoms with Gasteiger partial charge in [0.1, 0.15) is 5.82 Å². The topological polar surface area (TPSA) is 62.7 Å². The molecule has 0 atom stereocenters. The van der Waals surface area contributed by atoms with Gasteiger partial charge in [-0.3, -0.25) is 4.98 Å². The first-order valence-corrected chi connectivity index (χ1v) is 8.76. The monoisotopic (exact) mass is 347 g/mol. The Kier molecular flexibility index (Phi) is 5.16. The molecule has 0 bridgehead atoms. The van der Waals surface area contributed by atoms with Crippen molar-refractivity contribution < 1.29 is 0 Å². The van der Waals surface area contributed by atoms with Crippen molar-refractivity contribution in [1.82, 2.24) is 15.0 Å². The summed E-state index contributed by atoms with van der Waals surface area (Å²) in [6.07, 6.45) is 3.57. The van der Waals surface area contributed by atoms with Gasteiger partial charge >= 0.3 is 0 Å². The molecule has 1 aromatic carbocycles. The van der Waals surface area contributed by atoms with Gasteiger partial charge < -0.3 is 10.6 Å². The van der Waals surface area contributed by atoms with E-state index in [-0.39, 0.29) is 5.54 Å². The largest absolute Gasteiger partial charge is 0.366 e. The van der Waals surface area contributed by atoms with Gasteiger partial charge in [-0.1, -0.05) is 29.8 Å². The Balaban J connectivity index is 1.89. The van der Waals surface area contributed by atoms with Crippen LogP contribution in [0.2, 0.25) is 0 Å². The minimum atomic E-state index is -0.124. The molecule has 0 radical (unpaired) electrons. The third-order valence-corrected chi connectivity index (χ3v) is 3.73. The lowest BCUT2D eigenvalue weighted by Crippen LogP contribution is -2.27. The zero-order valence-electron chi connectivity index (χ0n) is 15.7. The van der Waals surface area contributed by atoms with Crippen molar-refractivity contribution in [2.75, 3.05) is 10.6 Å². The Morgan fingerprint density at radius 2 is 1.85 bits per heavy atom. The smallest absolute Gasteiger partial charge is 0.225 e. The fourth-order valence-corrected chi connectivity index (χ4v) is 2.61. The molecule has 0 saturated heterocycles. The summed E-state index contributed by atoms with van der Waals surface area (Å²) in [5.74, 6) is 1.39. The van der Waals surface area contributed by atoms with Crippen LogP contribution in [0.4, 0.5) is 11.8 Å². The molecule has 2 N–H and O–H groups in total. The second kappa shape index (κ2) is 7.52. The summed E-state index contributed by atoms with van der Waals surface area (Å²) in [4.78, 5) is 13.5. The lowest BCUT2D eigenvalue weighted by molar-refractivity contribution is 0.626. The van der Waals surface area contributed by atoms with Crippen molar-refractivity contribution in [3.63, 3.8) is 0 Å². The number of hydrogen-bond acceptors (Lipinski definition) is 5. The number of nitrogens with zero attached hydrogens (tertiary/aromatic N) is 3. The maximum Gasteiger partial charge on any atom is 0.225 e. The van der Waals surface area contributed by atoms with Crippen LogP contribution in [-0.2, 0) is 6.54 Å². The van der Waals surface area contributed by atoms with Crippen LogP contribution in [0.1, 0.15) is 31.9 Å². The van der Waals surface area contributed by atoms with E-state index in [0.29, 0.717) is 12.5 Å². The third-order valence-electron chi connectivity index (χ3n) is 3.73. The lowest BCUT2D eigenvalue weighted by atomic mass is 10.1. The SMILES string of the molecule is Cc1cccc(CNc2cc(-c3cccnc3)nc(NC(C)(C)C)n2)c1. The highest BCUT2D eigenvalue weighted by molar-refractivity contribution is 5.63. The quantitative estimate of drug-likeness (QED) is 0.702. The zero-order chi connectivity index (χ0) is 18.6. The number of nitrogens with one attached hydrogen (secondary N) is 2. The van der Waals surface area contributed by atoms with Crippen LogP contribution in [0.25, 0.3) is 11.3 Å². The van der Waals surface area contributed by atoms with E-state index in [9.17, 15) is 0 Å². The number of hydrogen-bond donors (Lipinski definition) is 2. The Labute approximate surface area is 154 Å². The van der Waals surface area contributed by atoms with E-state index < -0.39 is 0 Å². The summed E-state index contributed by atoms with van der Waals surface area (Å²) in [7, 11) is 0. The van der Waals surface area contributed by atoms with Crippen molar-refractivity contribution in [3.8, 4) is 11.3 Å². The number of rotatable bonds is 5. The number of benzene rings is 1. The standard InChI is InChI=1S/C21H25N5/c1-15-7-5-8-16(11-15)13-23-19-12-18(17-9-6-10-22-14-17)24-20(25-19)26-21(2,3)4/h5-12,14H,13H2,1-4H3,(H2,23,24,25,26). The third kappa shape index (κ3) is 5.02. The van der Waals surface area contributed by atoms with E-state index in [0.717, 1.165) is 17.1 Å². The maximum atomic E-state index is 4.66. The molecule has 0 saturated carbocycles. The summed E-state index contributed by atoms with van der Waals surface area (Å²) in [6, 6.07) is 14.3. The van der Waals surface area contributed by atoms with Crippen LogP contribution in [0, 0.1) is 6.92 Å². The molecule has 0 aliphatic heterocycles. The van der Waals surface area contributed by atoms with E-state index >= 15 is 0 Å². The fourth-order valence-electron chi connectivity index (χ4n) is 2.61. The summed E-state index contributed by atoms with van der Waals surface area (Å²) in [6.45, 7) is 9.08. The minimum Gasteiger partial charge on any atom is -0.366 e. The second-order valence-corrected chi connectivity index (χ2v) is 7.42. The van der Waals surface area contributed by atoms with Gasteiger partial charge in [-0.2, -0.15) is 4.98 Å². The highest BCUT2D eigenvalue weighted by Crippen LogP contribution is 2.22. The average molecular weight is 347 g/mol. The first kappa shape index (κ1) is 17.9. The van der Waals surface area contributed by atoms with Crippen molar-refractivity contribution in [3.05, 3.63) is 66.0 Å². The van der Waals surface area contributed by atoms with Crippen LogP contribution in [0.5, 0.6) is 0 Å². The molecule has 26 heavy (non-hydrogen) atoms. The first-order chi connectivity index (χ1) is 12.4. The Morgan fingerprint density at radius 3 is 2.54 bits per heavy atom.